The Balaban J connectivity index is 2.26. The van der Waals surface area contributed by atoms with Crippen LogP contribution in [0.4, 0.5) is 0 Å². The molecule has 0 aromatic heterocycles. The maximum Gasteiger partial charge on any atom is 0.0555 e. The quantitative estimate of drug-likeness (QED) is 0.446. The predicted molar refractivity (Wildman–Crippen MR) is 27.8 cm³/mol. The van der Waals surface area contributed by atoms with Crippen LogP contribution < -0.4 is 5.73 Å². The standard InChI is InChI=1S/C5H11NO/c6-4-1-2-5(7)3-4/h4-5,7H,1-3,6H2/t4?,5-/m0/s1. The van der Waals surface area contributed by atoms with E-state index in [-0.39, 0.29) is 12.1 Å². The molecule has 2 nitrogen and oxygen atoms in total. The lowest BCUT2D eigenvalue weighted by atomic mass is 10.3. The Kier molecular flexibility index (Phi) is 1.30. The molecule has 0 aromatic carbocycles. The Morgan fingerprint density at radius 3 is 2.29 bits per heavy atom. The molecule has 0 saturated heterocycles. The lowest BCUT2D eigenvalue weighted by molar-refractivity contribution is 0.181. The van der Waals surface area contributed by atoms with Crippen LogP contribution in [0.1, 0.15) is 19.3 Å². The zero-order chi connectivity index (χ0) is 5.28. The fourth-order valence-corrected chi connectivity index (χ4v) is 0.992. The number of aliphatic hydroxyl groups is 1. The normalized spacial score (nSPS) is 42.0. The molecule has 0 radical (unpaired) electrons. The molecular formula is C5H11NO. The summed E-state index contributed by atoms with van der Waals surface area (Å²) < 4.78 is 0. The second-order valence-corrected chi connectivity index (χ2v) is 2.23. The smallest absolute Gasteiger partial charge is 0.0555 e. The predicted octanol–water partition coefficient (Wildman–Crippen LogP) is -0.142. The first-order valence-corrected chi connectivity index (χ1v) is 2.72. The van der Waals surface area contributed by atoms with Gasteiger partial charge in [-0.1, -0.05) is 0 Å². The van der Waals surface area contributed by atoms with Gasteiger partial charge in [0.15, 0.2) is 0 Å². The topological polar surface area (TPSA) is 46.2 Å². The van der Waals surface area contributed by atoms with Crippen LogP contribution >= 0.6 is 0 Å². The molecule has 1 unspecified atom stereocenters. The minimum absolute atomic E-state index is 0.102. The van der Waals surface area contributed by atoms with Gasteiger partial charge in [0.2, 0.25) is 0 Å². The molecular weight excluding hydrogens is 90.1 g/mol. The van der Waals surface area contributed by atoms with Gasteiger partial charge in [-0.2, -0.15) is 0 Å². The van der Waals surface area contributed by atoms with Crippen LogP contribution in [-0.4, -0.2) is 17.3 Å². The Bertz CT molecular complexity index is 57.1. The van der Waals surface area contributed by atoms with Crippen molar-refractivity contribution in [2.24, 2.45) is 5.73 Å². The third-order valence-electron chi connectivity index (χ3n) is 1.45. The lowest BCUT2D eigenvalue weighted by Crippen LogP contribution is -2.15. The van der Waals surface area contributed by atoms with Crippen molar-refractivity contribution in [2.45, 2.75) is 31.4 Å². The molecule has 2 heteroatoms. The largest absolute Gasteiger partial charge is 0.393 e. The van der Waals surface area contributed by atoms with Crippen molar-refractivity contribution in [2.75, 3.05) is 0 Å². The third kappa shape index (κ3) is 1.14. The Morgan fingerprint density at radius 1 is 1.43 bits per heavy atom. The Morgan fingerprint density at radius 2 is 2.14 bits per heavy atom. The summed E-state index contributed by atoms with van der Waals surface area (Å²) in [6.45, 7) is 0. The highest BCUT2D eigenvalue weighted by atomic mass is 16.3. The van der Waals surface area contributed by atoms with Gasteiger partial charge in [-0.15, -0.1) is 0 Å². The number of hydrogen-bond acceptors (Lipinski definition) is 2. The molecule has 0 spiro atoms. The molecule has 0 amide bonds. The first-order valence-electron chi connectivity index (χ1n) is 2.72. The molecule has 3 N–H and O–H groups in total. The minimum atomic E-state index is -0.102. The molecule has 1 rings (SSSR count). The molecule has 1 aliphatic carbocycles. The maximum absolute atomic E-state index is 8.82. The van der Waals surface area contributed by atoms with E-state index in [2.05, 4.69) is 0 Å². The van der Waals surface area contributed by atoms with Crippen molar-refractivity contribution < 1.29 is 5.11 Å². The molecule has 1 saturated carbocycles. The van der Waals surface area contributed by atoms with E-state index >= 15 is 0 Å². The van der Waals surface area contributed by atoms with E-state index in [4.69, 9.17) is 10.8 Å². The zero-order valence-corrected chi connectivity index (χ0v) is 4.30. The third-order valence-corrected chi connectivity index (χ3v) is 1.45. The highest BCUT2D eigenvalue weighted by Gasteiger charge is 2.18. The van der Waals surface area contributed by atoms with Crippen LogP contribution in [-0.2, 0) is 0 Å². The van der Waals surface area contributed by atoms with Crippen LogP contribution in [0.5, 0.6) is 0 Å². The van der Waals surface area contributed by atoms with E-state index in [1.165, 1.54) is 0 Å². The molecule has 0 aromatic rings. The molecule has 7 heavy (non-hydrogen) atoms. The van der Waals surface area contributed by atoms with Crippen LogP contribution in [0.3, 0.4) is 0 Å². The summed E-state index contributed by atoms with van der Waals surface area (Å²) in [5, 5.41) is 8.82. The van der Waals surface area contributed by atoms with Gasteiger partial charge in [-0.25, -0.2) is 0 Å². The molecule has 0 heterocycles. The van der Waals surface area contributed by atoms with Crippen molar-refractivity contribution in [3.8, 4) is 0 Å². The average molecular weight is 101 g/mol. The number of aliphatic hydroxyl groups excluding tert-OH is 1. The van der Waals surface area contributed by atoms with Crippen LogP contribution in [0.25, 0.3) is 0 Å². The molecule has 42 valence electrons. The molecule has 1 aliphatic rings. The summed E-state index contributed by atoms with van der Waals surface area (Å²) >= 11 is 0. The SMILES string of the molecule is NC1CC[C@H](O)C1. The van der Waals surface area contributed by atoms with Crippen molar-refractivity contribution >= 4 is 0 Å². The second kappa shape index (κ2) is 1.80. The van der Waals surface area contributed by atoms with E-state index in [9.17, 15) is 0 Å². The van der Waals surface area contributed by atoms with E-state index < -0.39 is 0 Å². The summed E-state index contributed by atoms with van der Waals surface area (Å²) in [7, 11) is 0. The van der Waals surface area contributed by atoms with E-state index in [1.807, 2.05) is 0 Å². The van der Waals surface area contributed by atoms with Gasteiger partial charge in [0.05, 0.1) is 6.10 Å². The van der Waals surface area contributed by atoms with Gasteiger partial charge in [0.25, 0.3) is 0 Å². The lowest BCUT2D eigenvalue weighted by Gasteiger charge is -1.96. The summed E-state index contributed by atoms with van der Waals surface area (Å²) in [6, 6.07) is 0.273. The summed E-state index contributed by atoms with van der Waals surface area (Å²) in [5.74, 6) is 0. The van der Waals surface area contributed by atoms with Crippen LogP contribution in [0.15, 0.2) is 0 Å². The summed E-state index contributed by atoms with van der Waals surface area (Å²) in [5.41, 5.74) is 5.47. The van der Waals surface area contributed by atoms with E-state index in [0.717, 1.165) is 19.3 Å². The summed E-state index contributed by atoms with van der Waals surface area (Å²) in [6.07, 6.45) is 2.61. The van der Waals surface area contributed by atoms with Gasteiger partial charge in [-0.05, 0) is 19.3 Å². The van der Waals surface area contributed by atoms with Crippen molar-refractivity contribution in [3.63, 3.8) is 0 Å². The minimum Gasteiger partial charge on any atom is -0.393 e. The number of hydrogen-bond donors (Lipinski definition) is 2. The fourth-order valence-electron chi connectivity index (χ4n) is 0.992. The highest BCUT2D eigenvalue weighted by Crippen LogP contribution is 2.15. The number of rotatable bonds is 0. The van der Waals surface area contributed by atoms with Gasteiger partial charge in [0.1, 0.15) is 0 Å². The van der Waals surface area contributed by atoms with E-state index in [0.29, 0.717) is 0 Å². The Labute approximate surface area is 43.3 Å². The van der Waals surface area contributed by atoms with Gasteiger partial charge >= 0.3 is 0 Å². The average Bonchev–Trinajstić information content (AvgIpc) is 1.87. The molecule has 0 aliphatic heterocycles. The van der Waals surface area contributed by atoms with E-state index in [1.54, 1.807) is 0 Å². The Hall–Kier alpha value is -0.0800. The first-order chi connectivity index (χ1) is 3.29. The van der Waals surface area contributed by atoms with Gasteiger partial charge in [0, 0.05) is 6.04 Å². The van der Waals surface area contributed by atoms with Crippen LogP contribution in [0, 0.1) is 0 Å². The highest BCUT2D eigenvalue weighted by molar-refractivity contribution is 4.76. The van der Waals surface area contributed by atoms with Crippen molar-refractivity contribution in [1.82, 2.24) is 0 Å². The molecule has 2 atom stereocenters. The zero-order valence-electron chi connectivity index (χ0n) is 4.30. The first kappa shape index (κ1) is 5.06. The van der Waals surface area contributed by atoms with Gasteiger partial charge < -0.3 is 10.8 Å². The summed E-state index contributed by atoms with van der Waals surface area (Å²) in [4.78, 5) is 0. The van der Waals surface area contributed by atoms with Crippen molar-refractivity contribution in [3.05, 3.63) is 0 Å². The maximum atomic E-state index is 8.82. The second-order valence-electron chi connectivity index (χ2n) is 2.23. The fraction of sp³-hybridized carbons (Fsp3) is 1.00. The van der Waals surface area contributed by atoms with Gasteiger partial charge in [-0.3, -0.25) is 0 Å². The molecule has 1 fully saturated rings. The molecule has 0 bridgehead atoms. The van der Waals surface area contributed by atoms with Crippen LogP contribution in [0.2, 0.25) is 0 Å². The monoisotopic (exact) mass is 101 g/mol. The van der Waals surface area contributed by atoms with Crippen molar-refractivity contribution in [1.29, 1.82) is 0 Å². The number of nitrogens with two attached hydrogens (primary N) is 1.